The van der Waals surface area contributed by atoms with Gasteiger partial charge in [0.1, 0.15) is 16.9 Å². The highest BCUT2D eigenvalue weighted by Gasteiger charge is 2.35. The average molecular weight is 330 g/mol. The van der Waals surface area contributed by atoms with Gasteiger partial charge in [0.05, 0.1) is 25.7 Å². The summed E-state index contributed by atoms with van der Waals surface area (Å²) in [7, 11) is 3.19. The van der Waals surface area contributed by atoms with E-state index in [9.17, 15) is 4.79 Å². The number of nitrogens with two attached hydrogens (primary N) is 1. The third-order valence-corrected chi connectivity index (χ3v) is 4.95. The Kier molecular flexibility index (Phi) is 4.34. The minimum Gasteiger partial charge on any atom is -0.497 e. The van der Waals surface area contributed by atoms with Crippen LogP contribution in [0.1, 0.15) is 10.9 Å². The van der Waals surface area contributed by atoms with E-state index < -0.39 is 0 Å². The number of methoxy groups -OCH3 is 2. The van der Waals surface area contributed by atoms with Gasteiger partial charge in [-0.2, -0.15) is 0 Å². The van der Waals surface area contributed by atoms with Crippen molar-refractivity contribution in [3.63, 3.8) is 0 Å². The topological polar surface area (TPSA) is 64.8 Å². The third-order valence-electron chi connectivity index (χ3n) is 3.74. The number of carbonyl (C=O) groups is 1. The zero-order valence-corrected chi connectivity index (χ0v) is 13.8. The van der Waals surface area contributed by atoms with Crippen LogP contribution in [0.4, 0.5) is 11.4 Å². The minimum absolute atomic E-state index is 0.0558. The standard InChI is InChI=1S/C17H18N2O3S/c1-21-13-7-8-14(15(9-13)22-2)19-16(20)10-23-17(19)11-3-5-12(18)6-4-11/h3-9,17H,10,18H2,1-2H3/t17-/m1/s1. The molecule has 3 rings (SSSR count). The van der Waals surface area contributed by atoms with E-state index >= 15 is 0 Å². The highest BCUT2D eigenvalue weighted by atomic mass is 32.2. The fraction of sp³-hybridized carbons (Fsp3) is 0.235. The fourth-order valence-corrected chi connectivity index (χ4v) is 3.74. The summed E-state index contributed by atoms with van der Waals surface area (Å²) < 4.78 is 10.7. The van der Waals surface area contributed by atoms with Gasteiger partial charge in [-0.25, -0.2) is 0 Å². The molecule has 23 heavy (non-hydrogen) atoms. The van der Waals surface area contributed by atoms with Gasteiger partial charge < -0.3 is 15.2 Å². The van der Waals surface area contributed by atoms with Crippen molar-refractivity contribution in [1.29, 1.82) is 0 Å². The monoisotopic (exact) mass is 330 g/mol. The first-order chi connectivity index (χ1) is 11.1. The highest BCUT2D eigenvalue weighted by molar-refractivity contribution is 8.00. The Morgan fingerprint density at radius 1 is 1.13 bits per heavy atom. The van der Waals surface area contributed by atoms with Crippen molar-refractivity contribution in [2.75, 3.05) is 30.6 Å². The van der Waals surface area contributed by atoms with Gasteiger partial charge in [-0.15, -0.1) is 11.8 Å². The molecule has 5 nitrogen and oxygen atoms in total. The number of thioether (sulfide) groups is 1. The molecule has 0 aliphatic carbocycles. The Hall–Kier alpha value is -2.34. The maximum absolute atomic E-state index is 12.4. The van der Waals surface area contributed by atoms with Gasteiger partial charge in [-0.05, 0) is 29.8 Å². The number of ether oxygens (including phenoxy) is 2. The second kappa shape index (κ2) is 6.42. The molecule has 1 atom stereocenters. The quantitative estimate of drug-likeness (QED) is 0.873. The number of benzene rings is 2. The third kappa shape index (κ3) is 2.94. The molecule has 0 unspecified atom stereocenters. The van der Waals surface area contributed by atoms with Crippen LogP contribution in [-0.4, -0.2) is 25.9 Å². The smallest absolute Gasteiger partial charge is 0.238 e. The lowest BCUT2D eigenvalue weighted by Crippen LogP contribution is -2.28. The lowest BCUT2D eigenvalue weighted by molar-refractivity contribution is -0.115. The van der Waals surface area contributed by atoms with Crippen molar-refractivity contribution in [1.82, 2.24) is 0 Å². The number of amides is 1. The van der Waals surface area contributed by atoms with Gasteiger partial charge in [0, 0.05) is 11.8 Å². The van der Waals surface area contributed by atoms with Crippen LogP contribution in [0.2, 0.25) is 0 Å². The number of anilines is 2. The van der Waals surface area contributed by atoms with E-state index in [4.69, 9.17) is 15.2 Å². The Morgan fingerprint density at radius 2 is 1.87 bits per heavy atom. The molecule has 0 bridgehead atoms. The first-order valence-electron chi connectivity index (χ1n) is 7.15. The molecule has 1 saturated heterocycles. The van der Waals surface area contributed by atoms with Crippen LogP contribution in [0.3, 0.4) is 0 Å². The second-order valence-electron chi connectivity index (χ2n) is 5.13. The van der Waals surface area contributed by atoms with Crippen LogP contribution in [-0.2, 0) is 4.79 Å². The molecule has 1 aliphatic heterocycles. The zero-order chi connectivity index (χ0) is 16.4. The Balaban J connectivity index is 2.01. The maximum Gasteiger partial charge on any atom is 0.238 e. The largest absolute Gasteiger partial charge is 0.497 e. The molecule has 0 radical (unpaired) electrons. The van der Waals surface area contributed by atoms with Crippen LogP contribution in [0.15, 0.2) is 42.5 Å². The van der Waals surface area contributed by atoms with Crippen LogP contribution < -0.4 is 20.1 Å². The molecule has 0 spiro atoms. The van der Waals surface area contributed by atoms with Gasteiger partial charge in [0.25, 0.3) is 0 Å². The summed E-state index contributed by atoms with van der Waals surface area (Å²) in [6.45, 7) is 0. The number of carbonyl (C=O) groups excluding carboxylic acids is 1. The molecule has 2 aromatic carbocycles. The first-order valence-corrected chi connectivity index (χ1v) is 8.20. The summed E-state index contributed by atoms with van der Waals surface area (Å²) in [6.07, 6.45) is 0. The molecule has 2 N–H and O–H groups in total. The first kappa shape index (κ1) is 15.6. The fourth-order valence-electron chi connectivity index (χ4n) is 2.58. The lowest BCUT2D eigenvalue weighted by Gasteiger charge is -2.26. The van der Waals surface area contributed by atoms with Crippen molar-refractivity contribution < 1.29 is 14.3 Å². The number of rotatable bonds is 4. The van der Waals surface area contributed by atoms with Crippen LogP contribution >= 0.6 is 11.8 Å². The van der Waals surface area contributed by atoms with Gasteiger partial charge in [-0.3, -0.25) is 9.69 Å². The predicted molar refractivity (Wildman–Crippen MR) is 93.1 cm³/mol. The molecule has 1 heterocycles. The molecule has 0 saturated carbocycles. The van der Waals surface area contributed by atoms with Crippen LogP contribution in [0.25, 0.3) is 0 Å². The summed E-state index contributed by atoms with van der Waals surface area (Å²) in [5, 5.41) is -0.0922. The minimum atomic E-state index is -0.0922. The number of hydrogen-bond acceptors (Lipinski definition) is 5. The molecule has 120 valence electrons. The van der Waals surface area contributed by atoms with Gasteiger partial charge in [0.2, 0.25) is 5.91 Å². The molecule has 1 aliphatic rings. The van der Waals surface area contributed by atoms with E-state index in [-0.39, 0.29) is 11.3 Å². The van der Waals surface area contributed by atoms with Gasteiger partial charge in [0.15, 0.2) is 0 Å². The number of nitrogens with zero attached hydrogens (tertiary/aromatic N) is 1. The summed E-state index contributed by atoms with van der Waals surface area (Å²) >= 11 is 1.59. The molecule has 6 heteroatoms. The molecule has 0 aromatic heterocycles. The van der Waals surface area contributed by atoms with Crippen molar-refractivity contribution in [2.45, 2.75) is 5.37 Å². The van der Waals surface area contributed by atoms with E-state index in [0.717, 1.165) is 11.3 Å². The summed E-state index contributed by atoms with van der Waals surface area (Å²) in [5.74, 6) is 1.79. The second-order valence-corrected chi connectivity index (χ2v) is 6.20. The van der Waals surface area contributed by atoms with Crippen LogP contribution in [0, 0.1) is 0 Å². The van der Waals surface area contributed by atoms with Crippen molar-refractivity contribution in [2.24, 2.45) is 0 Å². The molecular weight excluding hydrogens is 312 g/mol. The van der Waals surface area contributed by atoms with E-state index in [1.807, 2.05) is 36.4 Å². The summed E-state index contributed by atoms with van der Waals surface area (Å²) in [4.78, 5) is 14.2. The predicted octanol–water partition coefficient (Wildman–Crippen LogP) is 3.06. The molecule has 1 amide bonds. The maximum atomic E-state index is 12.4. The van der Waals surface area contributed by atoms with E-state index in [1.165, 1.54) is 0 Å². The normalized spacial score (nSPS) is 17.4. The number of nitrogen functional groups attached to an aromatic ring is 1. The van der Waals surface area contributed by atoms with Crippen LogP contribution in [0.5, 0.6) is 11.5 Å². The average Bonchev–Trinajstić information content (AvgIpc) is 2.96. The Morgan fingerprint density at radius 3 is 2.52 bits per heavy atom. The van der Waals surface area contributed by atoms with Crippen molar-refractivity contribution >= 4 is 29.0 Å². The van der Waals surface area contributed by atoms with E-state index in [0.29, 0.717) is 22.9 Å². The molecule has 2 aromatic rings. The highest BCUT2D eigenvalue weighted by Crippen LogP contribution is 2.45. The molecular formula is C17H18N2O3S. The SMILES string of the molecule is COc1ccc(N2C(=O)CS[C@@H]2c2ccc(N)cc2)c(OC)c1. The lowest BCUT2D eigenvalue weighted by atomic mass is 10.1. The summed E-state index contributed by atoms with van der Waals surface area (Å²) in [6, 6.07) is 13.1. The van der Waals surface area contributed by atoms with Crippen molar-refractivity contribution in [3.8, 4) is 11.5 Å². The number of hydrogen-bond donors (Lipinski definition) is 1. The summed E-state index contributed by atoms with van der Waals surface area (Å²) in [5.41, 5.74) is 8.24. The van der Waals surface area contributed by atoms with Crippen molar-refractivity contribution in [3.05, 3.63) is 48.0 Å². The molecule has 1 fully saturated rings. The Labute approximate surface area is 139 Å². The van der Waals surface area contributed by atoms with Gasteiger partial charge in [-0.1, -0.05) is 12.1 Å². The van der Waals surface area contributed by atoms with E-state index in [2.05, 4.69) is 0 Å². The Bertz CT molecular complexity index is 718. The van der Waals surface area contributed by atoms with E-state index in [1.54, 1.807) is 36.9 Å². The van der Waals surface area contributed by atoms with Gasteiger partial charge >= 0.3 is 0 Å². The zero-order valence-electron chi connectivity index (χ0n) is 13.0.